The Morgan fingerprint density at radius 2 is 1.98 bits per heavy atom. The van der Waals surface area contributed by atoms with Crippen LogP contribution in [0.2, 0.25) is 0 Å². The molecule has 0 saturated carbocycles. The van der Waals surface area contributed by atoms with Gasteiger partial charge in [0.2, 0.25) is 11.0 Å². The van der Waals surface area contributed by atoms with Gasteiger partial charge in [0.1, 0.15) is 0 Å². The lowest BCUT2D eigenvalue weighted by atomic mass is 9.71. The van der Waals surface area contributed by atoms with Gasteiger partial charge >= 0.3 is 0 Å². The Labute approximate surface area is 237 Å². The molecule has 2 aliphatic heterocycles. The fraction of sp³-hybridized carbons (Fsp3) is 0.414. The van der Waals surface area contributed by atoms with E-state index in [-0.39, 0.29) is 29.3 Å². The van der Waals surface area contributed by atoms with Crippen LogP contribution >= 0.6 is 11.3 Å². The number of terminal acetylenes is 1. The standard InChI is InChI=1S/C29H32N8O2S/c1-6-19-9-22-7-8-26(37(22)31-11-19)25-10-24(32-17(2)3)23(12-30-25)27-34-35-28(40-27)36-13-20-15-39-16-21(14-36)29(20,5)33-18(4)38/h1,7-12,17,20-21H,13-16H2,2-5H3,(H,30,32)(H,33,38). The summed E-state index contributed by atoms with van der Waals surface area (Å²) < 4.78 is 7.71. The molecular formula is C29H32N8O2S. The molecule has 0 radical (unpaired) electrons. The van der Waals surface area contributed by atoms with E-state index in [2.05, 4.69) is 57.5 Å². The number of amides is 1. The SMILES string of the molecule is C#Cc1cnn2c(-c3cc(NC(C)C)c(-c4nnc(N5CC6COCC(C5)C6(C)NC(C)=O)s4)cn3)ccc2c1. The van der Waals surface area contributed by atoms with E-state index in [9.17, 15) is 4.79 Å². The van der Waals surface area contributed by atoms with Crippen molar-refractivity contribution >= 4 is 33.6 Å². The van der Waals surface area contributed by atoms with Crippen LogP contribution in [0.1, 0.15) is 33.3 Å². The number of nitrogens with zero attached hydrogens (tertiary/aromatic N) is 6. The highest BCUT2D eigenvalue weighted by Gasteiger charge is 2.50. The molecule has 2 aliphatic rings. The number of ether oxygens (including phenoxy) is 1. The van der Waals surface area contributed by atoms with Gasteiger partial charge in [0.05, 0.1) is 47.4 Å². The third-order valence-corrected chi connectivity index (χ3v) is 8.87. The Bertz CT molecular complexity index is 1610. The van der Waals surface area contributed by atoms with Gasteiger partial charge in [-0.2, -0.15) is 5.10 Å². The Balaban J connectivity index is 1.30. The lowest BCUT2D eigenvalue weighted by Crippen LogP contribution is -2.69. The number of anilines is 2. The van der Waals surface area contributed by atoms with Crippen LogP contribution in [0.15, 0.2) is 36.7 Å². The molecule has 4 aromatic heterocycles. The summed E-state index contributed by atoms with van der Waals surface area (Å²) in [5, 5.41) is 22.1. The molecule has 10 nitrogen and oxygen atoms in total. The van der Waals surface area contributed by atoms with Gasteiger partial charge in [-0.15, -0.1) is 16.6 Å². The maximum absolute atomic E-state index is 11.9. The summed E-state index contributed by atoms with van der Waals surface area (Å²) in [7, 11) is 0. The molecule has 6 heterocycles. The van der Waals surface area contributed by atoms with Crippen molar-refractivity contribution in [1.82, 2.24) is 30.1 Å². The van der Waals surface area contributed by atoms with E-state index in [0.717, 1.165) is 56.9 Å². The van der Waals surface area contributed by atoms with E-state index in [1.165, 1.54) is 0 Å². The van der Waals surface area contributed by atoms with E-state index in [1.54, 1.807) is 24.5 Å². The molecule has 2 unspecified atom stereocenters. The fourth-order valence-electron chi connectivity index (χ4n) is 5.78. The molecule has 0 spiro atoms. The minimum atomic E-state index is -0.289. The zero-order chi connectivity index (χ0) is 28.0. The maximum Gasteiger partial charge on any atom is 0.217 e. The number of piperidine rings is 1. The van der Waals surface area contributed by atoms with Crippen LogP contribution in [-0.4, -0.2) is 68.6 Å². The van der Waals surface area contributed by atoms with E-state index in [4.69, 9.17) is 16.1 Å². The number of rotatable bonds is 6. The summed E-state index contributed by atoms with van der Waals surface area (Å²) in [6, 6.07) is 8.16. The van der Waals surface area contributed by atoms with Crippen LogP contribution in [0.3, 0.4) is 0 Å². The summed E-state index contributed by atoms with van der Waals surface area (Å²) in [5.74, 6) is 2.96. The molecule has 40 heavy (non-hydrogen) atoms. The Morgan fingerprint density at radius 1 is 1.20 bits per heavy atom. The van der Waals surface area contributed by atoms with Crippen LogP contribution in [0, 0.1) is 24.2 Å². The smallest absolute Gasteiger partial charge is 0.217 e. The summed E-state index contributed by atoms with van der Waals surface area (Å²) in [6.45, 7) is 10.6. The first-order valence-corrected chi connectivity index (χ1v) is 14.2. The predicted molar refractivity (Wildman–Crippen MR) is 156 cm³/mol. The second-order valence-electron chi connectivity index (χ2n) is 11.0. The minimum Gasteiger partial charge on any atom is -0.382 e. The third-order valence-electron chi connectivity index (χ3n) is 7.85. The number of hydrogen-bond acceptors (Lipinski definition) is 9. The number of carbonyl (C=O) groups excluding carboxylic acids is 1. The van der Waals surface area contributed by atoms with Gasteiger partial charge in [0, 0.05) is 55.3 Å². The average molecular weight is 557 g/mol. The van der Waals surface area contributed by atoms with Crippen molar-refractivity contribution in [1.29, 1.82) is 0 Å². The topological polar surface area (TPSA) is 110 Å². The first-order valence-electron chi connectivity index (χ1n) is 13.4. The Hall–Kier alpha value is -4.01. The number of carbonyl (C=O) groups is 1. The van der Waals surface area contributed by atoms with Crippen LogP contribution in [0.5, 0.6) is 0 Å². The van der Waals surface area contributed by atoms with Crippen molar-refractivity contribution in [2.45, 2.75) is 39.3 Å². The largest absolute Gasteiger partial charge is 0.382 e. The van der Waals surface area contributed by atoms with Crippen molar-refractivity contribution < 1.29 is 9.53 Å². The van der Waals surface area contributed by atoms with Gasteiger partial charge in [-0.1, -0.05) is 17.3 Å². The number of aromatic nitrogens is 5. The second-order valence-corrected chi connectivity index (χ2v) is 12.0. The third kappa shape index (κ3) is 4.67. The first-order chi connectivity index (χ1) is 19.2. The van der Waals surface area contributed by atoms with Gasteiger partial charge < -0.3 is 20.3 Å². The number of pyridine rings is 1. The molecular weight excluding hydrogens is 524 g/mol. The zero-order valence-electron chi connectivity index (χ0n) is 23.0. The molecule has 2 bridgehead atoms. The van der Waals surface area contributed by atoms with Crippen molar-refractivity contribution in [3.05, 3.63) is 42.2 Å². The highest BCUT2D eigenvalue weighted by atomic mass is 32.1. The number of nitrogens with one attached hydrogen (secondary N) is 2. The van der Waals surface area contributed by atoms with Crippen molar-refractivity contribution in [3.63, 3.8) is 0 Å². The van der Waals surface area contributed by atoms with E-state index in [0.29, 0.717) is 13.2 Å². The summed E-state index contributed by atoms with van der Waals surface area (Å²) >= 11 is 1.56. The molecule has 6 rings (SSSR count). The van der Waals surface area contributed by atoms with Crippen LogP contribution in [-0.2, 0) is 9.53 Å². The average Bonchev–Trinajstić information content (AvgIpc) is 3.55. The summed E-state index contributed by atoms with van der Waals surface area (Å²) in [5.41, 5.74) is 4.85. The second kappa shape index (κ2) is 10.2. The Morgan fingerprint density at radius 3 is 2.67 bits per heavy atom. The highest BCUT2D eigenvalue weighted by Crippen LogP contribution is 2.41. The molecule has 4 aromatic rings. The molecule has 2 atom stereocenters. The first kappa shape index (κ1) is 26.2. The molecule has 0 aromatic carbocycles. The fourth-order valence-corrected chi connectivity index (χ4v) is 6.67. The van der Waals surface area contributed by atoms with Crippen LogP contribution in [0.4, 0.5) is 10.8 Å². The highest BCUT2D eigenvalue weighted by molar-refractivity contribution is 7.18. The van der Waals surface area contributed by atoms with E-state index >= 15 is 0 Å². The summed E-state index contributed by atoms with van der Waals surface area (Å²) in [4.78, 5) is 19.0. The molecule has 2 fully saturated rings. The predicted octanol–water partition coefficient (Wildman–Crippen LogP) is 3.69. The molecule has 11 heteroatoms. The van der Waals surface area contributed by atoms with Crippen molar-refractivity contribution in [3.8, 4) is 34.3 Å². The van der Waals surface area contributed by atoms with Gasteiger partial charge in [-0.05, 0) is 45.0 Å². The molecule has 2 N–H and O–H groups in total. The molecule has 1 amide bonds. The maximum atomic E-state index is 11.9. The molecule has 2 saturated heterocycles. The quantitative estimate of drug-likeness (QED) is 0.346. The monoisotopic (exact) mass is 556 g/mol. The number of hydrogen-bond donors (Lipinski definition) is 2. The van der Waals surface area contributed by atoms with Crippen LogP contribution in [0.25, 0.3) is 27.5 Å². The van der Waals surface area contributed by atoms with Crippen molar-refractivity contribution in [2.75, 3.05) is 36.5 Å². The van der Waals surface area contributed by atoms with E-state index in [1.807, 2.05) is 35.0 Å². The van der Waals surface area contributed by atoms with Gasteiger partial charge in [0.25, 0.3) is 0 Å². The van der Waals surface area contributed by atoms with Crippen LogP contribution < -0.4 is 15.5 Å². The van der Waals surface area contributed by atoms with Gasteiger partial charge in [-0.25, -0.2) is 4.52 Å². The number of fused-ring (bicyclic) bond motifs is 3. The van der Waals surface area contributed by atoms with Gasteiger partial charge in [0.15, 0.2) is 5.01 Å². The minimum absolute atomic E-state index is 0.00609. The van der Waals surface area contributed by atoms with E-state index < -0.39 is 0 Å². The van der Waals surface area contributed by atoms with Gasteiger partial charge in [-0.3, -0.25) is 9.78 Å². The molecule has 206 valence electrons. The lowest BCUT2D eigenvalue weighted by Gasteiger charge is -2.54. The van der Waals surface area contributed by atoms with Crippen molar-refractivity contribution in [2.24, 2.45) is 11.8 Å². The summed E-state index contributed by atoms with van der Waals surface area (Å²) in [6.07, 6.45) is 9.08. The normalized spacial score (nSPS) is 22.4. The zero-order valence-corrected chi connectivity index (χ0v) is 23.8. The molecule has 0 aliphatic carbocycles. The lowest BCUT2D eigenvalue weighted by molar-refractivity contribution is -0.127. The Kier molecular flexibility index (Phi) is 6.68.